The monoisotopic (exact) mass is 951 g/mol. The molecule has 0 spiro atoms. The van der Waals surface area contributed by atoms with Crippen molar-refractivity contribution in [3.8, 4) is 33.4 Å². The number of fused-ring (bicyclic) bond motifs is 3. The smallest absolute Gasteiger partial charge is 0.0462 e. The van der Waals surface area contributed by atoms with Gasteiger partial charge in [-0.1, -0.05) is 160 Å². The minimum Gasteiger partial charge on any atom is -0.354 e. The highest BCUT2D eigenvalue weighted by Gasteiger charge is 2.42. The number of benzene rings is 8. The van der Waals surface area contributed by atoms with Crippen LogP contribution in [-0.2, 0) is 18.5 Å². The minimum absolute atomic E-state index is 0.105. The van der Waals surface area contributed by atoms with E-state index < -0.39 is 0 Å². The lowest BCUT2D eigenvalue weighted by atomic mass is 9.70. The highest BCUT2D eigenvalue weighted by Crippen LogP contribution is 2.56. The van der Waals surface area contributed by atoms with Gasteiger partial charge in [-0.15, -0.1) is 0 Å². The van der Waals surface area contributed by atoms with Crippen LogP contribution in [0.3, 0.4) is 0 Å². The summed E-state index contributed by atoms with van der Waals surface area (Å²) >= 11 is 0. The zero-order valence-electron chi connectivity index (χ0n) is 42.0. The fourth-order valence-electron chi connectivity index (χ4n) is 11.5. The molecule has 0 amide bonds. The fourth-order valence-corrected chi connectivity index (χ4v) is 11.5. The summed E-state index contributed by atoms with van der Waals surface area (Å²) < 4.78 is 4.65. The summed E-state index contributed by atoms with van der Waals surface area (Å²) in [5, 5.41) is 0. The summed E-state index contributed by atoms with van der Waals surface area (Å²) in [5.41, 5.74) is 17.6. The number of aryl methyl sites for hydroxylation is 2. The molecule has 0 aliphatic heterocycles. The standard InChI is InChI=1S/C69H66N4/c1(3-19-47-70-49-21-22-50-70)17-45-69(46-18-2-4-20-48-71-51-23-24-52-71)67-53-57(55-33-39-63(40-34-55)72(59-25-9-5-10-26-59)60-27-11-6-12-28-60)37-43-65(67)66-44-38-58(54-68(66)69)56-35-41-64(42-36-56)73(61-29-13-7-14-30-61)62-31-15-8-16-32-62/h5-16,21-44,49-54H,1-4,17-20,45-48H2. The van der Waals surface area contributed by atoms with Crippen LogP contribution in [-0.4, -0.2) is 9.13 Å². The summed E-state index contributed by atoms with van der Waals surface area (Å²) in [6.07, 6.45) is 20.8. The molecule has 1 aliphatic rings. The topological polar surface area (TPSA) is 16.3 Å². The molecule has 0 unspecified atom stereocenters. The first-order valence-electron chi connectivity index (χ1n) is 26.7. The molecule has 362 valence electrons. The van der Waals surface area contributed by atoms with Crippen LogP contribution in [0.15, 0.2) is 255 Å². The molecule has 8 aromatic carbocycles. The maximum Gasteiger partial charge on any atom is 0.0462 e. The molecule has 2 heterocycles. The molecule has 0 saturated heterocycles. The van der Waals surface area contributed by atoms with E-state index in [-0.39, 0.29) is 5.41 Å². The van der Waals surface area contributed by atoms with Crippen molar-refractivity contribution in [2.75, 3.05) is 9.80 Å². The van der Waals surface area contributed by atoms with Crippen LogP contribution in [0.4, 0.5) is 34.1 Å². The predicted octanol–water partition coefficient (Wildman–Crippen LogP) is 19.1. The number of para-hydroxylation sites is 4. The van der Waals surface area contributed by atoms with E-state index in [0.29, 0.717) is 0 Å². The van der Waals surface area contributed by atoms with Gasteiger partial charge in [0.1, 0.15) is 0 Å². The Bertz CT molecular complexity index is 2950. The van der Waals surface area contributed by atoms with Gasteiger partial charge in [0.15, 0.2) is 0 Å². The van der Waals surface area contributed by atoms with E-state index in [0.717, 1.165) is 60.1 Å². The average molecular weight is 951 g/mol. The summed E-state index contributed by atoms with van der Waals surface area (Å²) in [6, 6.07) is 84.7. The van der Waals surface area contributed by atoms with Gasteiger partial charge in [-0.3, -0.25) is 0 Å². The molecule has 0 saturated carbocycles. The van der Waals surface area contributed by atoms with Crippen molar-refractivity contribution in [2.45, 2.75) is 82.7 Å². The maximum absolute atomic E-state index is 2.59. The van der Waals surface area contributed by atoms with Crippen molar-refractivity contribution in [2.24, 2.45) is 0 Å². The van der Waals surface area contributed by atoms with Crippen molar-refractivity contribution in [1.82, 2.24) is 9.13 Å². The third kappa shape index (κ3) is 10.6. The molecular weight excluding hydrogens is 885 g/mol. The van der Waals surface area contributed by atoms with Crippen LogP contribution in [0.5, 0.6) is 0 Å². The molecule has 0 bridgehead atoms. The Kier molecular flexibility index (Phi) is 14.6. The van der Waals surface area contributed by atoms with Crippen LogP contribution >= 0.6 is 0 Å². The van der Waals surface area contributed by atoms with Crippen LogP contribution < -0.4 is 9.80 Å². The number of unbranched alkanes of at least 4 members (excludes halogenated alkanes) is 6. The lowest BCUT2D eigenvalue weighted by Crippen LogP contribution is -2.25. The molecule has 4 nitrogen and oxygen atoms in total. The van der Waals surface area contributed by atoms with Gasteiger partial charge in [-0.2, -0.15) is 0 Å². The first-order valence-corrected chi connectivity index (χ1v) is 26.7. The number of rotatable bonds is 22. The van der Waals surface area contributed by atoms with E-state index in [1.807, 2.05) is 0 Å². The normalized spacial score (nSPS) is 12.3. The third-order valence-corrected chi connectivity index (χ3v) is 15.2. The van der Waals surface area contributed by atoms with E-state index in [1.54, 1.807) is 0 Å². The highest BCUT2D eigenvalue weighted by molar-refractivity contribution is 5.87. The van der Waals surface area contributed by atoms with Gasteiger partial charge in [0.2, 0.25) is 0 Å². The molecule has 0 radical (unpaired) electrons. The van der Waals surface area contributed by atoms with Gasteiger partial charge in [0.05, 0.1) is 0 Å². The lowest BCUT2D eigenvalue weighted by molar-refractivity contribution is 0.396. The van der Waals surface area contributed by atoms with Crippen LogP contribution in [0.25, 0.3) is 33.4 Å². The highest BCUT2D eigenvalue weighted by atomic mass is 15.1. The quantitative estimate of drug-likeness (QED) is 0.0630. The Morgan fingerprint density at radius 1 is 0.274 bits per heavy atom. The van der Waals surface area contributed by atoms with Gasteiger partial charge in [0, 0.05) is 77.4 Å². The number of anilines is 6. The number of aromatic nitrogens is 2. The first kappa shape index (κ1) is 47.3. The van der Waals surface area contributed by atoms with Crippen LogP contribution in [0.2, 0.25) is 0 Å². The largest absolute Gasteiger partial charge is 0.354 e. The number of hydrogen-bond acceptors (Lipinski definition) is 2. The lowest BCUT2D eigenvalue weighted by Gasteiger charge is -2.33. The van der Waals surface area contributed by atoms with E-state index in [1.165, 1.54) is 95.9 Å². The molecule has 2 aromatic heterocycles. The Morgan fingerprint density at radius 2 is 0.575 bits per heavy atom. The molecule has 10 aromatic rings. The summed E-state index contributed by atoms with van der Waals surface area (Å²) in [7, 11) is 0. The fraction of sp³-hybridized carbons (Fsp3) is 0.188. The van der Waals surface area contributed by atoms with Crippen molar-refractivity contribution in [3.63, 3.8) is 0 Å². The molecular formula is C69H66N4. The SMILES string of the molecule is c1ccc(N(c2ccccc2)c2ccc(-c3ccc4c(c3)C(CCCCCCn3cccc3)(CCCCCCn3cccc3)c3cc(-c5ccc(N(c6ccccc6)c6ccccc6)cc5)ccc3-4)cc2)cc1. The molecule has 4 heteroatoms. The molecule has 0 N–H and O–H groups in total. The predicted molar refractivity (Wildman–Crippen MR) is 308 cm³/mol. The van der Waals surface area contributed by atoms with Gasteiger partial charge in [0.25, 0.3) is 0 Å². The Labute approximate surface area is 433 Å². The van der Waals surface area contributed by atoms with E-state index in [2.05, 4.69) is 274 Å². The summed E-state index contributed by atoms with van der Waals surface area (Å²) in [5.74, 6) is 0. The molecule has 0 atom stereocenters. The Hall–Kier alpha value is -8.08. The second-order valence-corrected chi connectivity index (χ2v) is 19.9. The van der Waals surface area contributed by atoms with E-state index in [9.17, 15) is 0 Å². The first-order chi connectivity index (χ1) is 36.2. The number of hydrogen-bond donors (Lipinski definition) is 0. The Balaban J connectivity index is 0.944. The Morgan fingerprint density at radius 3 is 0.918 bits per heavy atom. The van der Waals surface area contributed by atoms with Crippen molar-refractivity contribution >= 4 is 34.1 Å². The summed E-state index contributed by atoms with van der Waals surface area (Å²) in [6.45, 7) is 2.17. The molecule has 0 fully saturated rings. The molecule has 73 heavy (non-hydrogen) atoms. The zero-order chi connectivity index (χ0) is 49.1. The maximum atomic E-state index is 2.59. The minimum atomic E-state index is -0.105. The van der Waals surface area contributed by atoms with Gasteiger partial charge >= 0.3 is 0 Å². The zero-order valence-corrected chi connectivity index (χ0v) is 42.0. The summed E-state index contributed by atoms with van der Waals surface area (Å²) in [4.78, 5) is 4.69. The van der Waals surface area contributed by atoms with Crippen molar-refractivity contribution < 1.29 is 0 Å². The third-order valence-electron chi connectivity index (χ3n) is 15.2. The number of nitrogens with zero attached hydrogens (tertiary/aromatic N) is 4. The second-order valence-electron chi connectivity index (χ2n) is 19.9. The average Bonchev–Trinajstić information content (AvgIpc) is 4.24. The van der Waals surface area contributed by atoms with Gasteiger partial charge in [-0.05, 0) is 179 Å². The van der Waals surface area contributed by atoms with Gasteiger partial charge < -0.3 is 18.9 Å². The van der Waals surface area contributed by atoms with Gasteiger partial charge in [-0.25, -0.2) is 0 Å². The van der Waals surface area contributed by atoms with E-state index >= 15 is 0 Å². The van der Waals surface area contributed by atoms with Crippen LogP contribution in [0, 0.1) is 0 Å². The second kappa shape index (κ2) is 22.6. The van der Waals surface area contributed by atoms with E-state index in [4.69, 9.17) is 0 Å². The van der Waals surface area contributed by atoms with Crippen LogP contribution in [0.1, 0.15) is 75.3 Å². The van der Waals surface area contributed by atoms with Crippen molar-refractivity contribution in [1.29, 1.82) is 0 Å². The molecule has 1 aliphatic carbocycles. The molecule has 11 rings (SSSR count). The van der Waals surface area contributed by atoms with Crippen molar-refractivity contribution in [3.05, 3.63) is 266 Å².